The van der Waals surface area contributed by atoms with Crippen molar-refractivity contribution < 1.29 is 19.4 Å². The number of carbonyl (C=O) groups is 1. The number of benzene rings is 1. The van der Waals surface area contributed by atoms with E-state index in [0.29, 0.717) is 19.5 Å². The van der Waals surface area contributed by atoms with E-state index < -0.39 is 47.8 Å². The summed E-state index contributed by atoms with van der Waals surface area (Å²) in [6.07, 6.45) is 0.485. The molecule has 18 heavy (non-hydrogen) atoms. The minimum Gasteiger partial charge on any atom is -0.469 e. The molecule has 0 aromatic heterocycles. The number of rotatable bonds is 2. The van der Waals surface area contributed by atoms with Crippen molar-refractivity contribution in [2.45, 2.75) is 12.3 Å². The maximum absolute atomic E-state index is 13.7. The number of carbonyl (C=O) groups excluding carboxylic acids is 1. The topological polar surface area (TPSA) is 29.5 Å². The quantitative estimate of drug-likeness (QED) is 0.757. The van der Waals surface area contributed by atoms with Gasteiger partial charge in [-0.1, -0.05) is 12.1 Å². The molecule has 1 aliphatic rings. The number of halogens is 1. The highest BCUT2D eigenvalue weighted by Crippen LogP contribution is 2.33. The third-order valence-corrected chi connectivity index (χ3v) is 3.30. The molecular formula is C14H18FNO2. The molecule has 0 unspecified atom stereocenters. The summed E-state index contributed by atoms with van der Waals surface area (Å²) < 4.78 is 49.6. The fourth-order valence-corrected chi connectivity index (χ4v) is 2.34. The smallest absolute Gasteiger partial charge is 0.310 e. The Labute approximate surface area is 112 Å². The molecule has 0 amide bonds. The highest BCUT2D eigenvalue weighted by atomic mass is 19.1. The first-order valence-electron chi connectivity index (χ1n) is 7.81. The van der Waals surface area contributed by atoms with E-state index in [-0.39, 0.29) is 5.56 Å². The van der Waals surface area contributed by atoms with Crippen molar-refractivity contribution in [3.8, 4) is 0 Å². The molecule has 0 saturated carbocycles. The summed E-state index contributed by atoms with van der Waals surface area (Å²) in [6.45, 7) is 1.04. The minimum atomic E-state index is -1.17. The van der Waals surface area contributed by atoms with Gasteiger partial charge in [0.25, 0.3) is 0 Å². The summed E-state index contributed by atoms with van der Waals surface area (Å²) in [7, 11) is 3.12. The first kappa shape index (κ1) is 8.64. The van der Waals surface area contributed by atoms with Crippen LogP contribution in [0.2, 0.25) is 0 Å². The summed E-state index contributed by atoms with van der Waals surface area (Å²) in [5.74, 6) is -2.74. The SMILES string of the molecule is [2H]c1c([2H])c([C@@H]2CCN(C)C[C@H]2C(=O)OC)c([2H])c([2H])c1F. The second-order valence-corrected chi connectivity index (χ2v) is 4.51. The average Bonchev–Trinajstić information content (AvgIpc) is 2.51. The van der Waals surface area contributed by atoms with E-state index in [1.165, 1.54) is 7.11 Å². The van der Waals surface area contributed by atoms with Crippen LogP contribution in [0.15, 0.2) is 24.2 Å². The van der Waals surface area contributed by atoms with Gasteiger partial charge < -0.3 is 9.64 Å². The van der Waals surface area contributed by atoms with Gasteiger partial charge in [0.05, 0.1) is 18.5 Å². The molecule has 0 bridgehead atoms. The summed E-state index contributed by atoms with van der Waals surface area (Å²) in [5, 5.41) is 0. The van der Waals surface area contributed by atoms with E-state index in [0.717, 1.165) is 0 Å². The normalized spacial score (nSPS) is 27.9. The van der Waals surface area contributed by atoms with Crippen LogP contribution < -0.4 is 0 Å². The predicted molar refractivity (Wildman–Crippen MR) is 66.8 cm³/mol. The zero-order valence-electron chi connectivity index (χ0n) is 14.4. The Balaban J connectivity index is 2.56. The molecule has 0 N–H and O–H groups in total. The van der Waals surface area contributed by atoms with Gasteiger partial charge in [0.15, 0.2) is 0 Å². The van der Waals surface area contributed by atoms with Gasteiger partial charge in [-0.15, -0.1) is 0 Å². The van der Waals surface area contributed by atoms with Crippen molar-refractivity contribution >= 4 is 5.97 Å². The molecule has 0 aliphatic carbocycles. The van der Waals surface area contributed by atoms with Crippen LogP contribution in [0.4, 0.5) is 4.39 Å². The van der Waals surface area contributed by atoms with Gasteiger partial charge in [-0.3, -0.25) is 4.79 Å². The molecular weight excluding hydrogens is 233 g/mol. The molecule has 2 rings (SSSR count). The van der Waals surface area contributed by atoms with Crippen molar-refractivity contribution in [2.24, 2.45) is 5.92 Å². The van der Waals surface area contributed by atoms with E-state index in [4.69, 9.17) is 10.2 Å². The molecule has 1 heterocycles. The second-order valence-electron chi connectivity index (χ2n) is 4.51. The van der Waals surface area contributed by atoms with E-state index in [1.54, 1.807) is 0 Å². The lowest BCUT2D eigenvalue weighted by molar-refractivity contribution is -0.148. The average molecular weight is 255 g/mol. The minimum absolute atomic E-state index is 0.0971. The van der Waals surface area contributed by atoms with Crippen LogP contribution >= 0.6 is 0 Å². The maximum Gasteiger partial charge on any atom is 0.310 e. The number of esters is 1. The van der Waals surface area contributed by atoms with Gasteiger partial charge in [0, 0.05) is 6.54 Å². The van der Waals surface area contributed by atoms with Crippen LogP contribution in [-0.4, -0.2) is 38.1 Å². The van der Waals surface area contributed by atoms with Crippen LogP contribution in [0.3, 0.4) is 0 Å². The zero-order valence-corrected chi connectivity index (χ0v) is 10.4. The lowest BCUT2D eigenvalue weighted by atomic mass is 9.80. The summed E-state index contributed by atoms with van der Waals surface area (Å²) >= 11 is 0. The van der Waals surface area contributed by atoms with Crippen LogP contribution in [0, 0.1) is 11.7 Å². The molecule has 4 heteroatoms. The molecule has 0 radical (unpaired) electrons. The standard InChI is InChI=1S/C14H18FNO2/c1-16-8-7-12(13(9-16)14(17)18-2)10-3-5-11(15)6-4-10/h3-6,12-13H,7-9H2,1-2H3/t12-,13+/m0/s1/i3D,4D,5D,6D. The third-order valence-electron chi connectivity index (χ3n) is 3.30. The number of hydrogen-bond donors (Lipinski definition) is 0. The lowest BCUT2D eigenvalue weighted by Crippen LogP contribution is -2.41. The van der Waals surface area contributed by atoms with E-state index in [9.17, 15) is 9.18 Å². The molecule has 0 spiro atoms. The van der Waals surface area contributed by atoms with E-state index in [1.807, 2.05) is 11.9 Å². The highest BCUT2D eigenvalue weighted by molar-refractivity contribution is 5.74. The maximum atomic E-state index is 13.7. The molecule has 1 fully saturated rings. The number of likely N-dealkylation sites (tertiary alicyclic amines) is 1. The largest absolute Gasteiger partial charge is 0.469 e. The monoisotopic (exact) mass is 255 g/mol. The Morgan fingerprint density at radius 3 is 2.78 bits per heavy atom. The first-order chi connectivity index (χ1) is 10.3. The zero-order chi connectivity index (χ0) is 16.6. The summed E-state index contributed by atoms with van der Waals surface area (Å²) in [5.41, 5.74) is 0.0971. The lowest BCUT2D eigenvalue weighted by Gasteiger charge is -2.35. The Bertz CT molecular complexity index is 582. The van der Waals surface area contributed by atoms with Crippen LogP contribution in [-0.2, 0) is 9.53 Å². The Kier molecular flexibility index (Phi) is 2.63. The summed E-state index contributed by atoms with van der Waals surface area (Å²) in [6, 6.07) is -2.22. The molecule has 1 saturated heterocycles. The number of piperidine rings is 1. The molecule has 1 aromatic carbocycles. The van der Waals surface area contributed by atoms with Gasteiger partial charge >= 0.3 is 5.97 Å². The van der Waals surface area contributed by atoms with Gasteiger partial charge in [0.1, 0.15) is 5.82 Å². The fraction of sp³-hybridized carbons (Fsp3) is 0.500. The van der Waals surface area contributed by atoms with Crippen molar-refractivity contribution in [1.82, 2.24) is 4.90 Å². The number of hydrogen-bond acceptors (Lipinski definition) is 3. The fourth-order valence-electron chi connectivity index (χ4n) is 2.34. The number of nitrogens with zero attached hydrogens (tertiary/aromatic N) is 1. The number of methoxy groups -OCH3 is 1. The highest BCUT2D eigenvalue weighted by Gasteiger charge is 2.34. The van der Waals surface area contributed by atoms with Gasteiger partial charge in [-0.2, -0.15) is 0 Å². The van der Waals surface area contributed by atoms with Gasteiger partial charge in [-0.25, -0.2) is 4.39 Å². The van der Waals surface area contributed by atoms with Crippen LogP contribution in [0.25, 0.3) is 0 Å². The molecule has 1 aliphatic heterocycles. The molecule has 1 aromatic rings. The number of ether oxygens (including phenoxy) is 1. The van der Waals surface area contributed by atoms with Crippen LogP contribution in [0.5, 0.6) is 0 Å². The van der Waals surface area contributed by atoms with Gasteiger partial charge in [-0.05, 0) is 43.6 Å². The first-order valence-corrected chi connectivity index (χ1v) is 5.81. The van der Waals surface area contributed by atoms with Gasteiger partial charge in [0.2, 0.25) is 0 Å². The van der Waals surface area contributed by atoms with Crippen LogP contribution in [0.1, 0.15) is 23.4 Å². The second kappa shape index (κ2) is 5.48. The van der Waals surface area contributed by atoms with E-state index >= 15 is 0 Å². The van der Waals surface area contributed by atoms with Crippen molar-refractivity contribution in [3.63, 3.8) is 0 Å². The molecule has 3 nitrogen and oxygen atoms in total. The Morgan fingerprint density at radius 1 is 1.50 bits per heavy atom. The van der Waals surface area contributed by atoms with E-state index in [2.05, 4.69) is 0 Å². The third kappa shape index (κ3) is 2.70. The molecule has 2 atom stereocenters. The van der Waals surface area contributed by atoms with Crippen molar-refractivity contribution in [3.05, 3.63) is 35.6 Å². The predicted octanol–water partition coefficient (Wildman–Crippen LogP) is 2.03. The summed E-state index contributed by atoms with van der Waals surface area (Å²) in [4.78, 5) is 14.0. The Hall–Kier alpha value is -1.42. The molecule has 98 valence electrons. The van der Waals surface area contributed by atoms with Crippen molar-refractivity contribution in [2.75, 3.05) is 27.2 Å². The van der Waals surface area contributed by atoms with Crippen molar-refractivity contribution in [1.29, 1.82) is 0 Å². The Morgan fingerprint density at radius 2 is 2.17 bits per heavy atom.